The summed E-state index contributed by atoms with van der Waals surface area (Å²) >= 11 is 3.33. The number of nitrogens with zero attached hydrogens (tertiary/aromatic N) is 2. The van der Waals surface area contributed by atoms with E-state index in [-0.39, 0.29) is 17.8 Å². The van der Waals surface area contributed by atoms with Gasteiger partial charge >= 0.3 is 0 Å². The van der Waals surface area contributed by atoms with Crippen molar-refractivity contribution in [2.24, 2.45) is 5.84 Å². The minimum absolute atomic E-state index is 0.0521. The van der Waals surface area contributed by atoms with Crippen molar-refractivity contribution in [3.05, 3.63) is 66.5 Å². The van der Waals surface area contributed by atoms with Gasteiger partial charge in [0.05, 0.1) is 17.2 Å². The van der Waals surface area contributed by atoms with Crippen LogP contribution in [0.5, 0.6) is 0 Å². The first-order chi connectivity index (χ1) is 9.92. The van der Waals surface area contributed by atoms with Crippen LogP contribution in [0.4, 0.5) is 11.4 Å². The number of nitrogen functional groups attached to an aromatic ring is 1. The molecule has 0 amide bonds. The zero-order valence-electron chi connectivity index (χ0n) is 11.2. The van der Waals surface area contributed by atoms with Gasteiger partial charge in [-0.1, -0.05) is 0 Å². The lowest BCUT2D eigenvalue weighted by atomic mass is 10.1. The Hall–Kier alpha value is -2.19. The van der Waals surface area contributed by atoms with Crippen molar-refractivity contribution in [2.45, 2.75) is 13.5 Å². The summed E-state index contributed by atoms with van der Waals surface area (Å²) in [6.45, 7) is 1.89. The number of halogens is 1. The maximum Gasteiger partial charge on any atom is 0.269 e. The van der Waals surface area contributed by atoms with Gasteiger partial charge in [0.25, 0.3) is 11.2 Å². The van der Waals surface area contributed by atoms with Gasteiger partial charge in [-0.05, 0) is 35.0 Å². The average molecular weight is 353 g/mol. The zero-order valence-corrected chi connectivity index (χ0v) is 12.8. The maximum absolute atomic E-state index is 12.1. The summed E-state index contributed by atoms with van der Waals surface area (Å²) in [5, 5.41) is 10.9. The second-order valence-corrected chi connectivity index (χ2v) is 5.43. The molecule has 7 nitrogen and oxygen atoms in total. The Morgan fingerprint density at radius 2 is 2.14 bits per heavy atom. The normalized spacial score (nSPS) is 10.4. The molecular weight excluding hydrogens is 340 g/mol. The van der Waals surface area contributed by atoms with Crippen LogP contribution in [0.3, 0.4) is 0 Å². The van der Waals surface area contributed by atoms with Crippen molar-refractivity contribution >= 4 is 27.3 Å². The van der Waals surface area contributed by atoms with E-state index in [1.54, 1.807) is 19.2 Å². The van der Waals surface area contributed by atoms with E-state index in [0.29, 0.717) is 16.8 Å². The average Bonchev–Trinajstić information content (AvgIpc) is 2.44. The molecule has 3 N–H and O–H groups in total. The molecule has 0 atom stereocenters. The fraction of sp³-hybridized carbons (Fsp3) is 0.154. The highest BCUT2D eigenvalue weighted by atomic mass is 79.9. The number of pyridine rings is 1. The van der Waals surface area contributed by atoms with E-state index in [4.69, 9.17) is 5.84 Å². The smallest absolute Gasteiger partial charge is 0.269 e. The van der Waals surface area contributed by atoms with Gasteiger partial charge in [0.15, 0.2) is 0 Å². The summed E-state index contributed by atoms with van der Waals surface area (Å²) in [7, 11) is 0. The summed E-state index contributed by atoms with van der Waals surface area (Å²) in [4.78, 5) is 22.5. The Morgan fingerprint density at radius 3 is 2.76 bits per heavy atom. The molecular formula is C13H13BrN4O3. The Balaban J connectivity index is 2.50. The Morgan fingerprint density at radius 1 is 1.43 bits per heavy atom. The van der Waals surface area contributed by atoms with Crippen LogP contribution in [0.1, 0.15) is 11.1 Å². The molecule has 0 fully saturated rings. The quantitative estimate of drug-likeness (QED) is 0.498. The SMILES string of the molecule is Cc1cc(Br)cn(Cc2cc([N+](=O)[O-])ccc2NN)c1=O. The summed E-state index contributed by atoms with van der Waals surface area (Å²) in [6, 6.07) is 5.99. The van der Waals surface area contributed by atoms with E-state index in [1.807, 2.05) is 0 Å². The first-order valence-electron chi connectivity index (χ1n) is 6.03. The number of hydrogen-bond acceptors (Lipinski definition) is 5. The van der Waals surface area contributed by atoms with Crippen molar-refractivity contribution in [3.8, 4) is 0 Å². The number of benzene rings is 1. The molecule has 1 aromatic heterocycles. The van der Waals surface area contributed by atoms with Crippen LogP contribution in [0.15, 0.2) is 39.7 Å². The molecule has 0 saturated heterocycles. The number of nitro benzene ring substituents is 1. The van der Waals surface area contributed by atoms with Crippen molar-refractivity contribution in [1.29, 1.82) is 0 Å². The van der Waals surface area contributed by atoms with Crippen LogP contribution in [-0.2, 0) is 6.54 Å². The number of nitrogens with one attached hydrogen (secondary N) is 1. The predicted molar refractivity (Wildman–Crippen MR) is 83.1 cm³/mol. The molecule has 0 aliphatic carbocycles. The van der Waals surface area contributed by atoms with E-state index < -0.39 is 4.92 Å². The van der Waals surface area contributed by atoms with Gasteiger partial charge in [-0.3, -0.25) is 20.8 Å². The minimum atomic E-state index is -0.487. The highest BCUT2D eigenvalue weighted by Crippen LogP contribution is 2.22. The van der Waals surface area contributed by atoms with Gasteiger partial charge in [0.2, 0.25) is 0 Å². The molecule has 0 saturated carbocycles. The molecule has 0 spiro atoms. The van der Waals surface area contributed by atoms with E-state index in [9.17, 15) is 14.9 Å². The largest absolute Gasteiger partial charge is 0.324 e. The van der Waals surface area contributed by atoms with Crippen LogP contribution in [-0.4, -0.2) is 9.49 Å². The number of nitro groups is 1. The molecule has 0 aliphatic heterocycles. The molecule has 0 bridgehead atoms. The fourth-order valence-corrected chi connectivity index (χ4v) is 2.60. The summed E-state index contributed by atoms with van der Waals surface area (Å²) in [5.41, 5.74) is 3.94. The molecule has 8 heteroatoms. The Kier molecular flexibility index (Phi) is 4.39. The van der Waals surface area contributed by atoms with Gasteiger partial charge < -0.3 is 9.99 Å². The Bertz CT molecular complexity index is 758. The van der Waals surface area contributed by atoms with Gasteiger partial charge in [-0.2, -0.15) is 0 Å². The zero-order chi connectivity index (χ0) is 15.6. The third kappa shape index (κ3) is 3.29. The second kappa shape index (κ2) is 6.06. The summed E-state index contributed by atoms with van der Waals surface area (Å²) in [6.07, 6.45) is 1.63. The first kappa shape index (κ1) is 15.2. The van der Waals surface area contributed by atoms with Gasteiger partial charge in [0.1, 0.15) is 0 Å². The maximum atomic E-state index is 12.1. The lowest BCUT2D eigenvalue weighted by molar-refractivity contribution is -0.384. The van der Waals surface area contributed by atoms with Crippen molar-refractivity contribution < 1.29 is 4.92 Å². The molecule has 1 heterocycles. The van der Waals surface area contributed by atoms with Crippen molar-refractivity contribution in [2.75, 3.05) is 5.43 Å². The predicted octanol–water partition coefficient (Wildman–Crippen LogP) is 2.16. The van der Waals surface area contributed by atoms with Crippen molar-refractivity contribution in [3.63, 3.8) is 0 Å². The summed E-state index contributed by atoms with van der Waals surface area (Å²) < 4.78 is 2.23. The monoisotopic (exact) mass is 352 g/mol. The van der Waals surface area contributed by atoms with Crippen LogP contribution in [0.2, 0.25) is 0 Å². The van der Waals surface area contributed by atoms with Crippen LogP contribution in [0, 0.1) is 17.0 Å². The van der Waals surface area contributed by atoms with Crippen LogP contribution >= 0.6 is 15.9 Å². The number of non-ortho nitro benzene ring substituents is 1. The lowest BCUT2D eigenvalue weighted by Gasteiger charge is -2.12. The van der Waals surface area contributed by atoms with E-state index >= 15 is 0 Å². The molecule has 1 aromatic carbocycles. The van der Waals surface area contributed by atoms with Gasteiger partial charge in [0, 0.05) is 33.9 Å². The van der Waals surface area contributed by atoms with E-state index in [1.165, 1.54) is 22.8 Å². The number of anilines is 1. The lowest BCUT2D eigenvalue weighted by Crippen LogP contribution is -2.23. The van der Waals surface area contributed by atoms with E-state index in [0.717, 1.165) is 4.47 Å². The number of hydrogen-bond donors (Lipinski definition) is 2. The first-order valence-corrected chi connectivity index (χ1v) is 6.82. The van der Waals surface area contributed by atoms with Crippen molar-refractivity contribution in [1.82, 2.24) is 4.57 Å². The molecule has 0 aliphatic rings. The Labute approximate surface area is 128 Å². The highest BCUT2D eigenvalue weighted by molar-refractivity contribution is 9.10. The second-order valence-electron chi connectivity index (χ2n) is 4.52. The molecule has 0 radical (unpaired) electrons. The third-order valence-corrected chi connectivity index (χ3v) is 3.46. The fourth-order valence-electron chi connectivity index (χ4n) is 2.01. The highest BCUT2D eigenvalue weighted by Gasteiger charge is 2.12. The topological polar surface area (TPSA) is 103 Å². The number of rotatable bonds is 4. The molecule has 2 aromatic rings. The van der Waals surface area contributed by atoms with E-state index in [2.05, 4.69) is 21.4 Å². The third-order valence-electron chi connectivity index (χ3n) is 3.03. The molecule has 110 valence electrons. The standard InChI is InChI=1S/C13H13BrN4O3/c1-8-4-10(14)7-17(13(8)19)6-9-5-11(18(20)21)2-3-12(9)16-15/h2-5,7,16H,6,15H2,1H3. The number of aromatic nitrogens is 1. The molecule has 0 unspecified atom stereocenters. The summed E-state index contributed by atoms with van der Waals surface area (Å²) in [5.74, 6) is 5.41. The number of nitrogens with two attached hydrogens (primary N) is 1. The molecule has 21 heavy (non-hydrogen) atoms. The van der Waals surface area contributed by atoms with Crippen LogP contribution in [0.25, 0.3) is 0 Å². The van der Waals surface area contributed by atoms with Crippen LogP contribution < -0.4 is 16.8 Å². The van der Waals surface area contributed by atoms with Gasteiger partial charge in [-0.25, -0.2) is 0 Å². The minimum Gasteiger partial charge on any atom is -0.324 e. The number of aryl methyl sites for hydroxylation is 1. The van der Waals surface area contributed by atoms with Gasteiger partial charge in [-0.15, -0.1) is 0 Å². The number of hydrazine groups is 1. The molecule has 2 rings (SSSR count).